The molecule has 2 aromatic carbocycles. The molecule has 7 heteroatoms. The predicted octanol–water partition coefficient (Wildman–Crippen LogP) is 3.42. The molecule has 0 aliphatic heterocycles. The number of imidazole rings is 2. The molecule has 3 heterocycles. The molecule has 0 aliphatic carbocycles. The van der Waals surface area contributed by atoms with Gasteiger partial charge in [0, 0.05) is 18.9 Å². The second-order valence-corrected chi connectivity index (χ2v) is 8.50. The first-order chi connectivity index (χ1) is 15.3. The van der Waals surface area contributed by atoms with Crippen LogP contribution >= 0.6 is 0 Å². The molecular formula is C25H25N5O2. The first kappa shape index (κ1) is 20.1. The van der Waals surface area contributed by atoms with E-state index in [2.05, 4.69) is 19.9 Å². The smallest absolute Gasteiger partial charge is 0.283 e. The number of benzene rings is 2. The van der Waals surface area contributed by atoms with E-state index in [0.717, 1.165) is 28.1 Å². The maximum absolute atomic E-state index is 13.5. The van der Waals surface area contributed by atoms with E-state index in [1.165, 1.54) is 14.7 Å². The molecule has 0 N–H and O–H groups in total. The fraction of sp³-hybridized carbons (Fsp3) is 0.240. The second-order valence-electron chi connectivity index (χ2n) is 8.50. The molecule has 0 saturated heterocycles. The minimum absolute atomic E-state index is 0.214. The van der Waals surface area contributed by atoms with Gasteiger partial charge in [0.05, 0.1) is 12.2 Å². The van der Waals surface area contributed by atoms with Crippen molar-refractivity contribution in [1.82, 2.24) is 23.1 Å². The molecule has 5 aromatic rings. The number of rotatable bonds is 3. The highest BCUT2D eigenvalue weighted by molar-refractivity contribution is 5.76. The second kappa shape index (κ2) is 7.09. The largest absolute Gasteiger partial charge is 0.332 e. The van der Waals surface area contributed by atoms with Crippen LogP contribution in [0.1, 0.15) is 27.9 Å². The van der Waals surface area contributed by atoms with E-state index in [-0.39, 0.29) is 17.8 Å². The summed E-state index contributed by atoms with van der Waals surface area (Å²) in [6.07, 6.45) is 1.91. The number of aromatic nitrogens is 5. The summed E-state index contributed by atoms with van der Waals surface area (Å²) in [5.41, 5.74) is 6.40. The van der Waals surface area contributed by atoms with Crippen LogP contribution in [0.25, 0.3) is 22.6 Å². The first-order valence-corrected chi connectivity index (χ1v) is 10.6. The highest BCUT2D eigenvalue weighted by atomic mass is 16.2. The number of hydrogen-bond donors (Lipinski definition) is 0. The average Bonchev–Trinajstić information content (AvgIpc) is 3.28. The van der Waals surface area contributed by atoms with Crippen LogP contribution < -0.4 is 11.2 Å². The topological polar surface area (TPSA) is 66.2 Å². The van der Waals surface area contributed by atoms with Gasteiger partial charge in [0.1, 0.15) is 0 Å². The van der Waals surface area contributed by atoms with Gasteiger partial charge in [-0.25, -0.2) is 4.79 Å². The highest BCUT2D eigenvalue weighted by Crippen LogP contribution is 2.24. The van der Waals surface area contributed by atoms with Crippen molar-refractivity contribution in [2.24, 2.45) is 7.05 Å². The molecule has 0 amide bonds. The average molecular weight is 428 g/mol. The van der Waals surface area contributed by atoms with Gasteiger partial charge in [0.25, 0.3) is 5.56 Å². The molecule has 3 aromatic heterocycles. The van der Waals surface area contributed by atoms with Crippen molar-refractivity contribution in [1.29, 1.82) is 0 Å². The summed E-state index contributed by atoms with van der Waals surface area (Å²) in [5, 5.41) is 0. The van der Waals surface area contributed by atoms with Crippen molar-refractivity contribution in [3.63, 3.8) is 0 Å². The third-order valence-electron chi connectivity index (χ3n) is 6.30. The Hall–Kier alpha value is -3.87. The van der Waals surface area contributed by atoms with Crippen LogP contribution in [0.5, 0.6) is 0 Å². The van der Waals surface area contributed by atoms with Gasteiger partial charge in [-0.15, -0.1) is 0 Å². The molecule has 5 rings (SSSR count). The monoisotopic (exact) mass is 427 g/mol. The quantitative estimate of drug-likeness (QED) is 0.443. The van der Waals surface area contributed by atoms with E-state index in [9.17, 15) is 9.59 Å². The molecule has 0 aliphatic rings. The molecule has 0 saturated carbocycles. The standard InChI is InChI=1S/C25H25N5O2/c1-15-9-11-19(12-10-15)14-29-23(31)21-22(27(5)25(29)32)26-24-28(21)13-17(3)30(24)20-8-6-7-16(2)18(20)4/h6-13H,14H2,1-5H3. The minimum atomic E-state index is -0.376. The van der Waals surface area contributed by atoms with Crippen LogP contribution in [0.4, 0.5) is 0 Å². The van der Waals surface area contributed by atoms with Gasteiger partial charge in [-0.05, 0) is 50.5 Å². The lowest BCUT2D eigenvalue weighted by Gasteiger charge is -2.11. The predicted molar refractivity (Wildman–Crippen MR) is 126 cm³/mol. The number of nitrogens with zero attached hydrogens (tertiary/aromatic N) is 5. The summed E-state index contributed by atoms with van der Waals surface area (Å²) in [4.78, 5) is 31.3. The normalized spacial score (nSPS) is 11.7. The van der Waals surface area contributed by atoms with Crippen LogP contribution in [0, 0.1) is 27.7 Å². The van der Waals surface area contributed by atoms with Gasteiger partial charge >= 0.3 is 5.69 Å². The third kappa shape index (κ3) is 2.85. The van der Waals surface area contributed by atoms with Crippen molar-refractivity contribution in [2.75, 3.05) is 0 Å². The molecule has 0 radical (unpaired) electrons. The molecular weight excluding hydrogens is 402 g/mol. The Kier molecular flexibility index (Phi) is 4.44. The Labute approximate surface area is 184 Å². The molecule has 0 atom stereocenters. The Morgan fingerprint density at radius 3 is 2.38 bits per heavy atom. The molecule has 32 heavy (non-hydrogen) atoms. The van der Waals surface area contributed by atoms with E-state index < -0.39 is 0 Å². The Bertz CT molecular complexity index is 1630. The summed E-state index contributed by atoms with van der Waals surface area (Å²) in [6.45, 7) is 8.37. The maximum atomic E-state index is 13.5. The summed E-state index contributed by atoms with van der Waals surface area (Å²) in [6, 6.07) is 14.0. The molecule has 0 unspecified atom stereocenters. The van der Waals surface area contributed by atoms with E-state index in [0.29, 0.717) is 16.9 Å². The number of fused-ring (bicyclic) bond motifs is 3. The zero-order chi connectivity index (χ0) is 22.7. The lowest BCUT2D eigenvalue weighted by atomic mass is 10.1. The Morgan fingerprint density at radius 2 is 1.66 bits per heavy atom. The Balaban J connectivity index is 1.80. The van der Waals surface area contributed by atoms with Crippen LogP contribution in [0.2, 0.25) is 0 Å². The third-order valence-corrected chi connectivity index (χ3v) is 6.30. The summed E-state index contributed by atoms with van der Waals surface area (Å²) >= 11 is 0. The SMILES string of the molecule is Cc1ccc(Cn2c(=O)c3c(nc4n(-c5cccc(C)c5C)c(C)cn34)n(C)c2=O)cc1. The van der Waals surface area contributed by atoms with Crippen molar-refractivity contribution in [3.8, 4) is 5.69 Å². The van der Waals surface area contributed by atoms with Gasteiger partial charge in [0.15, 0.2) is 11.2 Å². The van der Waals surface area contributed by atoms with Gasteiger partial charge in [-0.1, -0.05) is 42.0 Å². The van der Waals surface area contributed by atoms with E-state index in [4.69, 9.17) is 4.98 Å². The van der Waals surface area contributed by atoms with Crippen LogP contribution in [-0.4, -0.2) is 23.1 Å². The molecule has 0 spiro atoms. The zero-order valence-corrected chi connectivity index (χ0v) is 18.9. The zero-order valence-electron chi connectivity index (χ0n) is 18.9. The van der Waals surface area contributed by atoms with Crippen molar-refractivity contribution in [3.05, 3.63) is 97.4 Å². The summed E-state index contributed by atoms with van der Waals surface area (Å²) in [7, 11) is 1.66. The first-order valence-electron chi connectivity index (χ1n) is 10.6. The van der Waals surface area contributed by atoms with Gasteiger partial charge < -0.3 is 0 Å². The lowest BCUT2D eigenvalue weighted by Crippen LogP contribution is -2.39. The molecule has 0 fully saturated rings. The Morgan fingerprint density at radius 1 is 0.938 bits per heavy atom. The minimum Gasteiger partial charge on any atom is -0.283 e. The van der Waals surface area contributed by atoms with E-state index in [1.807, 2.05) is 61.0 Å². The van der Waals surface area contributed by atoms with Crippen molar-refractivity contribution < 1.29 is 0 Å². The molecule has 0 bridgehead atoms. The van der Waals surface area contributed by atoms with Crippen LogP contribution in [0.3, 0.4) is 0 Å². The fourth-order valence-corrected chi connectivity index (χ4v) is 4.30. The van der Waals surface area contributed by atoms with Crippen LogP contribution in [-0.2, 0) is 13.6 Å². The summed E-state index contributed by atoms with van der Waals surface area (Å²) in [5.74, 6) is 0.617. The number of hydrogen-bond acceptors (Lipinski definition) is 3. The van der Waals surface area contributed by atoms with Gasteiger partial charge in [-0.2, -0.15) is 4.98 Å². The fourth-order valence-electron chi connectivity index (χ4n) is 4.30. The van der Waals surface area contributed by atoms with Gasteiger partial charge in [-0.3, -0.25) is 22.9 Å². The molecule has 7 nitrogen and oxygen atoms in total. The summed E-state index contributed by atoms with van der Waals surface area (Å²) < 4.78 is 6.59. The van der Waals surface area contributed by atoms with Gasteiger partial charge in [0.2, 0.25) is 5.78 Å². The molecule has 162 valence electrons. The van der Waals surface area contributed by atoms with Crippen molar-refractivity contribution in [2.45, 2.75) is 34.2 Å². The maximum Gasteiger partial charge on any atom is 0.332 e. The highest BCUT2D eigenvalue weighted by Gasteiger charge is 2.21. The van der Waals surface area contributed by atoms with Crippen LogP contribution in [0.15, 0.2) is 58.3 Å². The van der Waals surface area contributed by atoms with E-state index >= 15 is 0 Å². The van der Waals surface area contributed by atoms with Crippen molar-refractivity contribution >= 4 is 16.9 Å². The lowest BCUT2D eigenvalue weighted by molar-refractivity contribution is 0.656. The number of aryl methyl sites for hydroxylation is 4. The van der Waals surface area contributed by atoms with E-state index in [1.54, 1.807) is 11.4 Å².